The molecule has 0 saturated carbocycles. The first-order valence-electron chi connectivity index (χ1n) is 19.7. The average Bonchev–Trinajstić information content (AvgIpc) is 3.96. The highest BCUT2D eigenvalue weighted by Crippen LogP contribution is 2.41. The lowest BCUT2D eigenvalue weighted by molar-refractivity contribution is -0.245. The number of thioether (sulfide) groups is 1. The minimum atomic E-state index is -5.04. The van der Waals surface area contributed by atoms with E-state index in [9.17, 15) is 27.9 Å². The molecule has 5 aromatic carbocycles. The monoisotopic (exact) mass is 833 g/mol. The molecule has 0 unspecified atom stereocenters. The fraction of sp³-hybridized carbons (Fsp3) is 0.255. The van der Waals surface area contributed by atoms with Crippen LogP contribution in [0.3, 0.4) is 0 Å². The van der Waals surface area contributed by atoms with Gasteiger partial charge in [-0.3, -0.25) is 9.59 Å². The maximum absolute atomic E-state index is 13.2. The van der Waals surface area contributed by atoms with E-state index in [0.29, 0.717) is 34.5 Å². The maximum atomic E-state index is 13.2. The van der Waals surface area contributed by atoms with Crippen LogP contribution in [0.25, 0.3) is 33.7 Å². The molecule has 4 atom stereocenters. The first-order valence-corrected chi connectivity index (χ1v) is 20.7. The zero-order chi connectivity index (χ0) is 41.6. The van der Waals surface area contributed by atoms with E-state index in [4.69, 9.17) is 18.9 Å². The van der Waals surface area contributed by atoms with Crippen molar-refractivity contribution in [2.45, 2.75) is 68.4 Å². The van der Waals surface area contributed by atoms with E-state index in [1.54, 1.807) is 0 Å². The lowest BCUT2D eigenvalue weighted by Crippen LogP contribution is -2.50. The number of nitrogens with zero attached hydrogens (tertiary/aromatic N) is 2. The van der Waals surface area contributed by atoms with Gasteiger partial charge in [-0.1, -0.05) is 145 Å². The van der Waals surface area contributed by atoms with Crippen molar-refractivity contribution in [3.63, 3.8) is 0 Å². The van der Waals surface area contributed by atoms with Crippen LogP contribution in [0.15, 0.2) is 143 Å². The molecule has 2 aliphatic rings. The smallest absolute Gasteiger partial charge is 0.431 e. The van der Waals surface area contributed by atoms with Crippen molar-refractivity contribution in [2.75, 3.05) is 12.3 Å². The third-order valence-corrected chi connectivity index (χ3v) is 11.7. The van der Waals surface area contributed by atoms with Gasteiger partial charge in [-0.05, 0) is 40.7 Å². The lowest BCUT2D eigenvalue weighted by atomic mass is 9.97. The number of nitrogens with one attached hydrogen (secondary N) is 1. The molecule has 0 aliphatic carbocycles. The third kappa shape index (κ3) is 9.34. The summed E-state index contributed by atoms with van der Waals surface area (Å²) in [5, 5.41) is 12.9. The van der Waals surface area contributed by atoms with Gasteiger partial charge in [0.1, 0.15) is 11.7 Å². The van der Waals surface area contributed by atoms with Gasteiger partial charge in [-0.25, -0.2) is 4.98 Å². The molecule has 8 rings (SSSR count). The van der Waals surface area contributed by atoms with E-state index in [-0.39, 0.29) is 38.3 Å². The van der Waals surface area contributed by atoms with Crippen molar-refractivity contribution in [1.29, 1.82) is 0 Å². The maximum Gasteiger partial charge on any atom is 0.471 e. The Kier molecular flexibility index (Phi) is 12.5. The van der Waals surface area contributed by atoms with E-state index in [2.05, 4.69) is 5.32 Å². The minimum Gasteiger partial charge on any atom is -0.431 e. The van der Waals surface area contributed by atoms with Gasteiger partial charge in [0.05, 0.1) is 18.8 Å². The highest BCUT2D eigenvalue weighted by atomic mass is 32.2. The molecule has 308 valence electrons. The Morgan fingerprint density at radius 1 is 0.800 bits per heavy atom. The van der Waals surface area contributed by atoms with Crippen LogP contribution in [-0.4, -0.2) is 57.4 Å². The Bertz CT molecular complexity index is 2340. The van der Waals surface area contributed by atoms with E-state index in [0.717, 1.165) is 50.2 Å². The summed E-state index contributed by atoms with van der Waals surface area (Å²) >= 11 is 1.48. The highest BCUT2D eigenvalue weighted by Gasteiger charge is 2.47. The lowest BCUT2D eigenvalue weighted by Gasteiger charge is -2.36. The van der Waals surface area contributed by atoms with Crippen molar-refractivity contribution < 1.29 is 41.8 Å². The number of aliphatic hydroxyl groups is 1. The predicted molar refractivity (Wildman–Crippen MR) is 221 cm³/mol. The van der Waals surface area contributed by atoms with Gasteiger partial charge in [0, 0.05) is 42.0 Å². The first kappa shape index (κ1) is 41.0. The number of carbonyl (C=O) groups is 2. The largest absolute Gasteiger partial charge is 0.471 e. The van der Waals surface area contributed by atoms with Crippen LogP contribution in [0.5, 0.6) is 0 Å². The molecule has 60 heavy (non-hydrogen) atoms. The molecular weight excluding hydrogens is 792 g/mol. The summed E-state index contributed by atoms with van der Waals surface area (Å²) in [7, 11) is 0. The molecule has 0 bridgehead atoms. The van der Waals surface area contributed by atoms with Gasteiger partial charge in [-0.15, -0.1) is 0 Å². The number of aliphatic hydroxyl groups excluding tert-OH is 1. The number of benzene rings is 5. The van der Waals surface area contributed by atoms with Gasteiger partial charge in [0.25, 0.3) is 5.22 Å². The van der Waals surface area contributed by atoms with Crippen molar-refractivity contribution in [2.24, 2.45) is 0 Å². The molecule has 6 aromatic rings. The van der Waals surface area contributed by atoms with Gasteiger partial charge in [0.2, 0.25) is 5.91 Å². The second-order valence-corrected chi connectivity index (χ2v) is 15.7. The third-order valence-electron chi connectivity index (χ3n) is 10.7. The number of halogens is 3. The summed E-state index contributed by atoms with van der Waals surface area (Å²) < 4.78 is 59.2. The van der Waals surface area contributed by atoms with E-state index < -0.39 is 30.3 Å². The number of rotatable bonds is 12. The summed E-state index contributed by atoms with van der Waals surface area (Å²) in [6, 6.07) is 41.6. The standard InChI is InChI=1S/C47H42F3N3O6S/c48-47(49,50)45(56)53-25-9-16-39(53)43(55)51-27-36-14-7-8-15-38(36)31-21-23-35(24-22-31)44-57-37(26-40(58-44)32-19-17-30(28-54)18-20-32)29-60-46-52-41(33-10-3-1-4-11-33)42(59-46)34-12-5-2-6-13-34/h1-8,10-15,17-24,37,39-40,44,54H,9,16,25-29H2,(H,51,55)/t37-,39-,40+,44+/m0/s1. The number of hydrogen-bond donors (Lipinski definition) is 2. The summed E-state index contributed by atoms with van der Waals surface area (Å²) in [5.41, 5.74) is 7.64. The van der Waals surface area contributed by atoms with Gasteiger partial charge >= 0.3 is 12.1 Å². The Morgan fingerprint density at radius 2 is 1.47 bits per heavy atom. The second kappa shape index (κ2) is 18.3. The molecule has 9 nitrogen and oxygen atoms in total. The SMILES string of the molecule is O=C(NCc1ccccc1-c1ccc([C@@H]2O[C@H](CSc3nc(-c4ccccc4)c(-c4ccccc4)o3)C[C@H](c3ccc(CO)cc3)O2)cc1)[C@@H]1CCCN1C(=O)C(F)(F)F. The number of aromatic nitrogens is 1. The molecule has 2 saturated heterocycles. The first-order chi connectivity index (χ1) is 29.1. The topological polar surface area (TPSA) is 114 Å². The van der Waals surface area contributed by atoms with Crippen LogP contribution in [0.2, 0.25) is 0 Å². The van der Waals surface area contributed by atoms with E-state index in [1.165, 1.54) is 11.8 Å². The number of likely N-dealkylation sites (tertiary alicyclic amines) is 1. The van der Waals surface area contributed by atoms with Crippen LogP contribution in [0.4, 0.5) is 13.2 Å². The Balaban J connectivity index is 0.991. The van der Waals surface area contributed by atoms with Crippen molar-refractivity contribution in [1.82, 2.24) is 15.2 Å². The molecule has 0 radical (unpaired) electrons. The normalized spacial score (nSPS) is 19.3. The Labute approximate surface area is 349 Å². The van der Waals surface area contributed by atoms with Crippen LogP contribution >= 0.6 is 11.8 Å². The predicted octanol–water partition coefficient (Wildman–Crippen LogP) is 9.68. The quantitative estimate of drug-likeness (QED) is 0.117. The molecule has 2 N–H and O–H groups in total. The second-order valence-electron chi connectivity index (χ2n) is 14.7. The van der Waals surface area contributed by atoms with Crippen LogP contribution in [0.1, 0.15) is 53.9 Å². The number of hydrogen-bond acceptors (Lipinski definition) is 8. The van der Waals surface area contributed by atoms with Crippen molar-refractivity contribution >= 4 is 23.6 Å². The Morgan fingerprint density at radius 3 is 2.17 bits per heavy atom. The fourth-order valence-electron chi connectivity index (χ4n) is 7.65. The average molecular weight is 834 g/mol. The molecule has 1 aromatic heterocycles. The summed E-state index contributed by atoms with van der Waals surface area (Å²) in [6.45, 7) is -0.111. The van der Waals surface area contributed by atoms with E-state index >= 15 is 0 Å². The number of oxazole rings is 1. The highest BCUT2D eigenvalue weighted by molar-refractivity contribution is 7.99. The minimum absolute atomic E-state index is 0.0627. The van der Waals surface area contributed by atoms with Crippen LogP contribution in [0, 0.1) is 0 Å². The number of ether oxygens (including phenoxy) is 2. The van der Waals surface area contributed by atoms with Crippen molar-refractivity contribution in [3.8, 4) is 33.7 Å². The van der Waals surface area contributed by atoms with Gasteiger partial charge in [0.15, 0.2) is 12.1 Å². The number of alkyl halides is 3. The molecule has 2 fully saturated rings. The zero-order valence-corrected chi connectivity index (χ0v) is 33.2. The summed E-state index contributed by atoms with van der Waals surface area (Å²) in [4.78, 5) is 30.5. The van der Waals surface area contributed by atoms with E-state index in [1.807, 2.05) is 133 Å². The van der Waals surface area contributed by atoms with Crippen LogP contribution < -0.4 is 5.32 Å². The molecule has 0 spiro atoms. The summed E-state index contributed by atoms with van der Waals surface area (Å²) in [6.07, 6.45) is -5.26. The zero-order valence-electron chi connectivity index (χ0n) is 32.4. The molecule has 2 aliphatic heterocycles. The van der Waals surface area contributed by atoms with Gasteiger partial charge in [-0.2, -0.15) is 13.2 Å². The fourth-order valence-corrected chi connectivity index (χ4v) is 8.49. The van der Waals surface area contributed by atoms with Gasteiger partial charge < -0.3 is 29.2 Å². The van der Waals surface area contributed by atoms with Crippen LogP contribution in [-0.2, 0) is 32.2 Å². The molecule has 13 heteroatoms. The number of amides is 2. The summed E-state index contributed by atoms with van der Waals surface area (Å²) in [5.74, 6) is -1.38. The number of carbonyl (C=O) groups excluding carboxylic acids is 2. The molecular formula is C47H42F3N3O6S. The molecule has 3 heterocycles. The Hall–Kier alpha value is -5.73. The molecule has 2 amide bonds. The van der Waals surface area contributed by atoms with Crippen molar-refractivity contribution in [3.05, 3.63) is 156 Å².